The van der Waals surface area contributed by atoms with Crippen molar-refractivity contribution in [2.24, 2.45) is 0 Å². The van der Waals surface area contributed by atoms with Crippen LogP contribution in [0.2, 0.25) is 5.02 Å². The number of aromatic carboxylic acids is 1. The van der Waals surface area contributed by atoms with E-state index in [1.54, 1.807) is 6.07 Å². The number of carboxylic acids is 1. The highest BCUT2D eigenvalue weighted by atomic mass is 79.9. The fourth-order valence-electron chi connectivity index (χ4n) is 1.43. The van der Waals surface area contributed by atoms with Crippen molar-refractivity contribution in [1.29, 1.82) is 0 Å². The molecule has 0 aliphatic heterocycles. The number of halogens is 4. The maximum absolute atomic E-state index is 12.7. The van der Waals surface area contributed by atoms with Crippen LogP contribution in [-0.2, 0) is 0 Å². The van der Waals surface area contributed by atoms with E-state index in [-0.39, 0.29) is 5.89 Å². The van der Waals surface area contributed by atoms with E-state index in [4.69, 9.17) is 21.1 Å². The molecule has 8 heteroatoms. The van der Waals surface area contributed by atoms with Gasteiger partial charge in [-0.15, -0.1) is 0 Å². The van der Waals surface area contributed by atoms with E-state index in [1.807, 2.05) is 0 Å². The van der Waals surface area contributed by atoms with Gasteiger partial charge in [0.25, 0.3) is 6.43 Å². The number of benzene rings is 1. The molecule has 1 N–H and O–H groups in total. The van der Waals surface area contributed by atoms with Gasteiger partial charge >= 0.3 is 5.97 Å². The first-order valence-electron chi connectivity index (χ1n) is 4.87. The number of carboxylic acid groups (broad SMARTS) is 1. The summed E-state index contributed by atoms with van der Waals surface area (Å²) in [6.07, 6.45) is -3.04. The number of rotatable bonds is 3. The predicted octanol–water partition coefficient (Wildman–Crippen LogP) is 4.39. The molecule has 0 atom stereocenters. The molecule has 0 unspecified atom stereocenters. The molecule has 100 valence electrons. The average molecular weight is 353 g/mol. The SMILES string of the molecule is O=C(O)c1oc(-c2cc(Cl)cc(Br)c2)nc1C(F)F. The molecule has 0 spiro atoms. The van der Waals surface area contributed by atoms with Crippen LogP contribution < -0.4 is 0 Å². The van der Waals surface area contributed by atoms with Crippen molar-refractivity contribution in [3.63, 3.8) is 0 Å². The lowest BCUT2D eigenvalue weighted by Gasteiger charge is -1.98. The largest absolute Gasteiger partial charge is 0.475 e. The summed E-state index contributed by atoms with van der Waals surface area (Å²) in [6.45, 7) is 0. The van der Waals surface area contributed by atoms with Crippen LogP contribution in [0.4, 0.5) is 8.78 Å². The quantitative estimate of drug-likeness (QED) is 0.889. The molecular formula is C11H5BrClF2NO3. The van der Waals surface area contributed by atoms with Crippen LogP contribution in [0.5, 0.6) is 0 Å². The van der Waals surface area contributed by atoms with Gasteiger partial charge in [0.2, 0.25) is 11.7 Å². The van der Waals surface area contributed by atoms with Gasteiger partial charge in [0.15, 0.2) is 5.69 Å². The number of oxazole rings is 1. The molecule has 1 aromatic carbocycles. The van der Waals surface area contributed by atoms with Crippen LogP contribution in [0.3, 0.4) is 0 Å². The zero-order valence-electron chi connectivity index (χ0n) is 9.03. The van der Waals surface area contributed by atoms with Crippen molar-refractivity contribution in [1.82, 2.24) is 4.98 Å². The first-order valence-corrected chi connectivity index (χ1v) is 6.04. The summed E-state index contributed by atoms with van der Waals surface area (Å²) < 4.78 is 30.8. The lowest BCUT2D eigenvalue weighted by atomic mass is 10.2. The molecule has 0 aliphatic rings. The molecule has 1 heterocycles. The molecule has 1 aromatic heterocycles. The highest BCUT2D eigenvalue weighted by Gasteiger charge is 2.26. The summed E-state index contributed by atoms with van der Waals surface area (Å²) in [6, 6.07) is 4.54. The summed E-state index contributed by atoms with van der Waals surface area (Å²) in [5.41, 5.74) is -0.604. The van der Waals surface area contributed by atoms with Crippen LogP contribution >= 0.6 is 27.5 Å². The molecule has 2 aromatic rings. The van der Waals surface area contributed by atoms with Crippen molar-refractivity contribution >= 4 is 33.5 Å². The van der Waals surface area contributed by atoms with E-state index in [0.717, 1.165) is 0 Å². The predicted molar refractivity (Wildman–Crippen MR) is 66.6 cm³/mol. The van der Waals surface area contributed by atoms with Gasteiger partial charge in [-0.1, -0.05) is 27.5 Å². The van der Waals surface area contributed by atoms with Gasteiger partial charge in [0, 0.05) is 15.1 Å². The van der Waals surface area contributed by atoms with Crippen LogP contribution in [-0.4, -0.2) is 16.1 Å². The van der Waals surface area contributed by atoms with E-state index in [2.05, 4.69) is 20.9 Å². The van der Waals surface area contributed by atoms with Gasteiger partial charge in [-0.2, -0.15) is 0 Å². The normalized spacial score (nSPS) is 11.0. The summed E-state index contributed by atoms with van der Waals surface area (Å²) in [7, 11) is 0. The molecular weight excluding hydrogens is 347 g/mol. The zero-order chi connectivity index (χ0) is 14.2. The van der Waals surface area contributed by atoms with Crippen molar-refractivity contribution in [3.8, 4) is 11.5 Å². The Balaban J connectivity index is 2.57. The highest BCUT2D eigenvalue weighted by Crippen LogP contribution is 2.31. The van der Waals surface area contributed by atoms with Gasteiger partial charge in [0.05, 0.1) is 0 Å². The summed E-state index contributed by atoms with van der Waals surface area (Å²) in [5, 5.41) is 9.11. The molecule has 0 saturated heterocycles. The van der Waals surface area contributed by atoms with Gasteiger partial charge in [-0.25, -0.2) is 18.6 Å². The first-order chi connectivity index (χ1) is 8.88. The van der Waals surface area contributed by atoms with E-state index < -0.39 is 23.8 Å². The van der Waals surface area contributed by atoms with Crippen molar-refractivity contribution in [2.45, 2.75) is 6.43 Å². The van der Waals surface area contributed by atoms with E-state index >= 15 is 0 Å². The monoisotopic (exact) mass is 351 g/mol. The highest BCUT2D eigenvalue weighted by molar-refractivity contribution is 9.10. The lowest BCUT2D eigenvalue weighted by molar-refractivity contribution is 0.0647. The van der Waals surface area contributed by atoms with Crippen LogP contribution in [0.15, 0.2) is 27.1 Å². The Kier molecular flexibility index (Phi) is 3.86. The second-order valence-electron chi connectivity index (χ2n) is 3.50. The van der Waals surface area contributed by atoms with Gasteiger partial charge < -0.3 is 9.52 Å². The maximum Gasteiger partial charge on any atom is 0.374 e. The Hall–Kier alpha value is -1.47. The summed E-state index contributed by atoms with van der Waals surface area (Å²) in [5.74, 6) is -2.70. The molecule has 0 fully saturated rings. The van der Waals surface area contributed by atoms with Crippen LogP contribution in [0, 0.1) is 0 Å². The molecule has 2 rings (SSSR count). The third kappa shape index (κ3) is 2.93. The maximum atomic E-state index is 12.7. The number of nitrogens with zero attached hydrogens (tertiary/aromatic N) is 1. The number of carbonyl (C=O) groups is 1. The molecule has 0 saturated carbocycles. The standard InChI is InChI=1S/C11H5BrClF2NO3/c12-5-1-4(2-6(13)3-5)10-16-7(9(14)15)8(19-10)11(17)18/h1-3,9H,(H,17,18). The Labute approximate surface area is 119 Å². The second-order valence-corrected chi connectivity index (χ2v) is 4.85. The molecule has 0 radical (unpaired) electrons. The topological polar surface area (TPSA) is 63.3 Å². The fourth-order valence-corrected chi connectivity index (χ4v) is 2.29. The molecule has 0 bridgehead atoms. The molecule has 0 aliphatic carbocycles. The number of alkyl halides is 2. The zero-order valence-corrected chi connectivity index (χ0v) is 11.4. The Bertz CT molecular complexity index is 625. The molecule has 19 heavy (non-hydrogen) atoms. The van der Waals surface area contributed by atoms with Gasteiger partial charge in [0.1, 0.15) is 0 Å². The minimum Gasteiger partial charge on any atom is -0.475 e. The fraction of sp³-hybridized carbons (Fsp3) is 0.0909. The lowest BCUT2D eigenvalue weighted by Crippen LogP contribution is -1.99. The Morgan fingerprint density at radius 1 is 1.42 bits per heavy atom. The third-order valence-corrected chi connectivity index (χ3v) is 2.84. The van der Waals surface area contributed by atoms with Gasteiger partial charge in [-0.3, -0.25) is 0 Å². The van der Waals surface area contributed by atoms with Crippen molar-refractivity contribution in [3.05, 3.63) is 39.1 Å². The first kappa shape index (κ1) is 14.0. The second kappa shape index (κ2) is 5.26. The third-order valence-electron chi connectivity index (χ3n) is 2.16. The number of hydrogen-bond acceptors (Lipinski definition) is 3. The average Bonchev–Trinajstić information content (AvgIpc) is 2.72. The van der Waals surface area contributed by atoms with E-state index in [9.17, 15) is 13.6 Å². The summed E-state index contributed by atoms with van der Waals surface area (Å²) in [4.78, 5) is 14.3. The Morgan fingerprint density at radius 2 is 2.11 bits per heavy atom. The summed E-state index contributed by atoms with van der Waals surface area (Å²) >= 11 is 8.98. The van der Waals surface area contributed by atoms with Crippen LogP contribution in [0.25, 0.3) is 11.5 Å². The molecule has 4 nitrogen and oxygen atoms in total. The molecule has 0 amide bonds. The van der Waals surface area contributed by atoms with Crippen molar-refractivity contribution in [2.75, 3.05) is 0 Å². The Morgan fingerprint density at radius 3 is 2.58 bits per heavy atom. The van der Waals surface area contributed by atoms with E-state index in [0.29, 0.717) is 15.1 Å². The van der Waals surface area contributed by atoms with Crippen molar-refractivity contribution < 1.29 is 23.1 Å². The smallest absolute Gasteiger partial charge is 0.374 e. The minimum atomic E-state index is -3.04. The number of aromatic nitrogens is 1. The minimum absolute atomic E-state index is 0.226. The van der Waals surface area contributed by atoms with E-state index in [1.165, 1.54) is 12.1 Å². The number of hydrogen-bond donors (Lipinski definition) is 1. The van der Waals surface area contributed by atoms with Crippen LogP contribution in [0.1, 0.15) is 22.7 Å². The van der Waals surface area contributed by atoms with Gasteiger partial charge in [-0.05, 0) is 18.2 Å².